The summed E-state index contributed by atoms with van der Waals surface area (Å²) in [6.45, 7) is 0. The minimum Gasteiger partial charge on any atom is -0.319 e. The molecule has 0 aromatic heterocycles. The van der Waals surface area contributed by atoms with Gasteiger partial charge in [-0.15, -0.1) is 0 Å². The van der Waals surface area contributed by atoms with Crippen molar-refractivity contribution in [2.24, 2.45) is 0 Å². The second-order valence-corrected chi connectivity index (χ2v) is 7.31. The maximum Gasteiger partial charge on any atom is 0.956 e. The second-order valence-electron chi connectivity index (χ2n) is 1.86. The van der Waals surface area contributed by atoms with Crippen molar-refractivity contribution >= 4 is 46.3 Å². The van der Waals surface area contributed by atoms with E-state index >= 15 is 0 Å². The third kappa shape index (κ3) is 10.7. The van der Waals surface area contributed by atoms with Gasteiger partial charge in [-0.2, -0.15) is 25.3 Å². The molecule has 0 amide bonds. The molecule has 0 aliphatic carbocycles. The third-order valence-corrected chi connectivity index (χ3v) is 5.40. The summed E-state index contributed by atoms with van der Waals surface area (Å²) < 4.78 is 94.6. The van der Waals surface area contributed by atoms with Gasteiger partial charge in [-0.1, -0.05) is 0 Å². The molecule has 0 atom stereocenters. The molecule has 16 heavy (non-hydrogen) atoms. The molecule has 0 unspecified atom stereocenters. The number of hydrogen-bond acceptors (Lipinski definition) is 9. The highest BCUT2D eigenvalue weighted by Crippen LogP contribution is 2.04. The van der Waals surface area contributed by atoms with Crippen molar-refractivity contribution in [1.82, 2.24) is 0 Å². The molecule has 0 aromatic carbocycles. The average molecular weight is 318 g/mol. The van der Waals surface area contributed by atoms with Crippen molar-refractivity contribution in [2.45, 2.75) is 0 Å². The lowest BCUT2D eigenvalue weighted by Gasteiger charge is -2.06. The summed E-state index contributed by atoms with van der Waals surface area (Å²) in [7, 11) is -15.9. The Bertz CT molecular complexity index is 436. The summed E-state index contributed by atoms with van der Waals surface area (Å²) in [6, 6.07) is 0. The van der Waals surface area contributed by atoms with Crippen LogP contribution in [0.5, 0.6) is 0 Å². The van der Waals surface area contributed by atoms with E-state index in [1.807, 2.05) is 0 Å². The van der Waals surface area contributed by atoms with E-state index in [0.29, 0.717) is 0 Å². The zero-order valence-electron chi connectivity index (χ0n) is 6.82. The Labute approximate surface area is 95.0 Å². The molecule has 0 fully saturated rings. The number of rotatable bonds is 6. The molecular formula is H3AlO12S3. The van der Waals surface area contributed by atoms with E-state index in [2.05, 4.69) is 9.70 Å². The molecule has 16 heteroatoms. The molecule has 96 valence electrons. The molecule has 0 rings (SSSR count). The van der Waals surface area contributed by atoms with Crippen LogP contribution in [0.4, 0.5) is 0 Å². The van der Waals surface area contributed by atoms with Crippen LogP contribution in [0.25, 0.3) is 0 Å². The van der Waals surface area contributed by atoms with Crippen LogP contribution in [0.2, 0.25) is 0 Å². The molecule has 0 bridgehead atoms. The van der Waals surface area contributed by atoms with E-state index in [0.717, 1.165) is 0 Å². The lowest BCUT2D eigenvalue weighted by atomic mass is 15.6. The second kappa shape index (κ2) is 5.20. The van der Waals surface area contributed by atoms with E-state index in [4.69, 9.17) is 13.7 Å². The Morgan fingerprint density at radius 3 is 0.938 bits per heavy atom. The zero-order chi connectivity index (χ0) is 13.2. The van der Waals surface area contributed by atoms with E-state index < -0.39 is 46.3 Å². The lowest BCUT2D eigenvalue weighted by molar-refractivity contribution is 0.257. The van der Waals surface area contributed by atoms with Gasteiger partial charge in [0.05, 0.1) is 0 Å². The Hall–Kier alpha value is 0.142. The monoisotopic (exact) mass is 318 g/mol. The molecule has 0 spiro atoms. The minimum atomic E-state index is -5.31. The van der Waals surface area contributed by atoms with Gasteiger partial charge in [0.15, 0.2) is 0 Å². The maximum atomic E-state index is 10.1. The molecule has 0 saturated carbocycles. The quantitative estimate of drug-likeness (QED) is 0.343. The maximum absolute atomic E-state index is 10.1. The van der Waals surface area contributed by atoms with Crippen LogP contribution in [0.1, 0.15) is 0 Å². The van der Waals surface area contributed by atoms with E-state index in [1.165, 1.54) is 0 Å². The van der Waals surface area contributed by atoms with E-state index in [1.54, 1.807) is 0 Å². The third-order valence-electron chi connectivity index (χ3n) is 0.601. The van der Waals surface area contributed by atoms with Crippen LogP contribution in [0.3, 0.4) is 0 Å². The van der Waals surface area contributed by atoms with Gasteiger partial charge in [0, 0.05) is 0 Å². The standard InChI is InChI=1S/Al.3H2O4S/c;3*1-5(2,3)4/h;3*(H2,1,2,3,4)/q+3;;;/p-3. The summed E-state index contributed by atoms with van der Waals surface area (Å²) in [6.07, 6.45) is 0. The fourth-order valence-corrected chi connectivity index (χ4v) is 3.98. The van der Waals surface area contributed by atoms with Crippen molar-refractivity contribution < 1.29 is 48.6 Å². The first-order valence-electron chi connectivity index (χ1n) is 2.75. The Morgan fingerprint density at radius 2 is 0.812 bits per heavy atom. The van der Waals surface area contributed by atoms with Gasteiger partial charge in [0.1, 0.15) is 0 Å². The predicted molar refractivity (Wildman–Crippen MR) is 43.7 cm³/mol. The molecule has 0 radical (unpaired) electrons. The van der Waals surface area contributed by atoms with Crippen LogP contribution in [0.15, 0.2) is 0 Å². The Balaban J connectivity index is 4.93. The fraction of sp³-hybridized carbons (Fsp3) is 0. The smallest absolute Gasteiger partial charge is 0.319 e. The van der Waals surface area contributed by atoms with Crippen LogP contribution in [0, 0.1) is 0 Å². The fourth-order valence-electron chi connectivity index (χ4n) is 0.346. The van der Waals surface area contributed by atoms with Gasteiger partial charge in [-0.05, 0) is 0 Å². The molecule has 0 aliphatic heterocycles. The normalized spacial score (nSPS) is 13.7. The van der Waals surface area contributed by atoms with Crippen molar-refractivity contribution in [3.05, 3.63) is 0 Å². The highest BCUT2D eigenvalue weighted by Gasteiger charge is 2.45. The minimum absolute atomic E-state index is 3.33. The van der Waals surface area contributed by atoms with Crippen LogP contribution < -0.4 is 0 Å². The first-order valence-corrected chi connectivity index (χ1v) is 8.26. The highest BCUT2D eigenvalue weighted by atomic mass is 32.3. The molecule has 0 saturated heterocycles. The zero-order valence-corrected chi connectivity index (χ0v) is 10.4. The van der Waals surface area contributed by atoms with Gasteiger partial charge in [-0.3, -0.25) is 13.7 Å². The van der Waals surface area contributed by atoms with Crippen LogP contribution in [-0.2, 0) is 40.9 Å². The summed E-state index contributed by atoms with van der Waals surface area (Å²) >= 11 is -4.62. The molecule has 12 nitrogen and oxygen atoms in total. The van der Waals surface area contributed by atoms with Gasteiger partial charge >= 0.3 is 46.3 Å². The Morgan fingerprint density at radius 1 is 0.625 bits per heavy atom. The Kier molecular flexibility index (Phi) is 5.24. The summed E-state index contributed by atoms with van der Waals surface area (Å²) in [4.78, 5) is 0. The molecular weight excluding hydrogens is 315 g/mol. The molecule has 3 N–H and O–H groups in total. The van der Waals surface area contributed by atoms with E-state index in [9.17, 15) is 25.3 Å². The largest absolute Gasteiger partial charge is 0.956 e. The SMILES string of the molecule is O=S(=O)(O)[O][Al]([O]S(=O)(=O)O)[O]S(=O)(=O)O. The summed E-state index contributed by atoms with van der Waals surface area (Å²) in [5, 5.41) is 0. The van der Waals surface area contributed by atoms with Gasteiger partial charge < -0.3 is 9.70 Å². The van der Waals surface area contributed by atoms with Crippen LogP contribution >= 0.6 is 0 Å². The number of hydrogen-bond donors (Lipinski definition) is 3. The first-order chi connectivity index (χ1) is 6.79. The predicted octanol–water partition coefficient (Wildman–Crippen LogP) is -2.57. The van der Waals surface area contributed by atoms with Crippen molar-refractivity contribution in [1.29, 1.82) is 0 Å². The van der Waals surface area contributed by atoms with Gasteiger partial charge in [-0.25, -0.2) is 0 Å². The molecule has 0 aliphatic rings. The lowest BCUT2D eigenvalue weighted by Crippen LogP contribution is -2.34. The first kappa shape index (κ1) is 16.1. The topological polar surface area (TPSA) is 191 Å². The summed E-state index contributed by atoms with van der Waals surface area (Å²) in [5.41, 5.74) is 0. The molecule has 0 heterocycles. The van der Waals surface area contributed by atoms with Crippen molar-refractivity contribution in [3.63, 3.8) is 0 Å². The van der Waals surface area contributed by atoms with E-state index in [-0.39, 0.29) is 0 Å². The van der Waals surface area contributed by atoms with Crippen molar-refractivity contribution in [3.8, 4) is 0 Å². The summed E-state index contributed by atoms with van der Waals surface area (Å²) in [5.74, 6) is 0. The average Bonchev–Trinajstić information content (AvgIpc) is 1.70. The highest BCUT2D eigenvalue weighted by molar-refractivity contribution is 7.84. The van der Waals surface area contributed by atoms with Crippen molar-refractivity contribution in [2.75, 3.05) is 0 Å². The van der Waals surface area contributed by atoms with Crippen LogP contribution in [-0.4, -0.2) is 54.1 Å². The molecule has 0 aromatic rings. The van der Waals surface area contributed by atoms with Gasteiger partial charge in [0.25, 0.3) is 0 Å². The van der Waals surface area contributed by atoms with Gasteiger partial charge in [0.2, 0.25) is 0 Å².